The lowest BCUT2D eigenvalue weighted by Crippen LogP contribution is -2.35. The minimum atomic E-state index is -3.76. The Morgan fingerprint density at radius 3 is 2.69 bits per heavy atom. The number of hydrogen-bond acceptors (Lipinski definition) is 4. The first kappa shape index (κ1) is 19.5. The average Bonchev–Trinajstić information content (AvgIpc) is 3.19. The summed E-state index contributed by atoms with van der Waals surface area (Å²) in [5.74, 6) is 0.958. The molecule has 0 spiro atoms. The van der Waals surface area contributed by atoms with Crippen LogP contribution in [0.15, 0.2) is 70.6 Å². The fraction of sp³-hybridized carbons (Fsp3) is 0.261. The van der Waals surface area contributed by atoms with E-state index in [1.807, 2.05) is 44.2 Å². The van der Waals surface area contributed by atoms with Crippen LogP contribution in [-0.2, 0) is 16.4 Å². The second-order valence-electron chi connectivity index (χ2n) is 7.07. The van der Waals surface area contributed by atoms with Gasteiger partial charge in [0.25, 0.3) is 10.0 Å². The van der Waals surface area contributed by atoms with E-state index < -0.39 is 10.0 Å². The lowest BCUT2D eigenvalue weighted by Gasteiger charge is -2.22. The predicted molar refractivity (Wildman–Crippen MR) is 116 cm³/mol. The number of rotatable bonds is 6. The van der Waals surface area contributed by atoms with Crippen molar-refractivity contribution in [2.45, 2.75) is 25.2 Å². The van der Waals surface area contributed by atoms with Crippen molar-refractivity contribution in [2.24, 2.45) is 4.99 Å². The van der Waals surface area contributed by atoms with E-state index in [0.29, 0.717) is 37.7 Å². The van der Waals surface area contributed by atoms with Crippen LogP contribution >= 0.6 is 0 Å². The van der Waals surface area contributed by atoms with Gasteiger partial charge in [-0.05, 0) is 47.9 Å². The monoisotopic (exact) mass is 408 g/mol. The van der Waals surface area contributed by atoms with Crippen LogP contribution < -0.4 is 4.74 Å². The van der Waals surface area contributed by atoms with Gasteiger partial charge in [0.15, 0.2) is 0 Å². The Morgan fingerprint density at radius 2 is 1.86 bits per heavy atom. The van der Waals surface area contributed by atoms with Gasteiger partial charge in [-0.2, -0.15) is 0 Å². The lowest BCUT2D eigenvalue weighted by atomic mass is 10.0. The number of hydrogen-bond donors (Lipinski definition) is 0. The van der Waals surface area contributed by atoms with E-state index in [1.54, 1.807) is 12.1 Å². The first-order valence-corrected chi connectivity index (χ1v) is 11.2. The molecule has 0 radical (unpaired) electrons. The Bertz CT molecular complexity index is 1180. The van der Waals surface area contributed by atoms with Crippen LogP contribution in [0.4, 0.5) is 0 Å². The highest BCUT2D eigenvalue weighted by Gasteiger charge is 2.33. The van der Waals surface area contributed by atoms with Gasteiger partial charge in [-0.15, -0.1) is 0 Å². The summed E-state index contributed by atoms with van der Waals surface area (Å²) < 4.78 is 34.1. The van der Waals surface area contributed by atoms with Crippen molar-refractivity contribution in [2.75, 3.05) is 19.7 Å². The van der Waals surface area contributed by atoms with Gasteiger partial charge in [-0.3, -0.25) is 9.30 Å². The van der Waals surface area contributed by atoms with Crippen molar-refractivity contribution in [3.8, 4) is 5.75 Å². The zero-order chi connectivity index (χ0) is 20.4. The SMILES string of the molecule is CCOc1ccc(C)cc1S(=O)(=O)N1CCN=C1Cc1cccc2ccccc12. The molecule has 6 heteroatoms. The molecule has 5 nitrogen and oxygen atoms in total. The van der Waals surface area contributed by atoms with Gasteiger partial charge >= 0.3 is 0 Å². The molecule has 0 saturated carbocycles. The molecule has 3 aromatic carbocycles. The number of aryl methyl sites for hydroxylation is 1. The number of benzene rings is 3. The number of ether oxygens (including phenoxy) is 1. The molecule has 0 aromatic heterocycles. The molecule has 1 heterocycles. The van der Waals surface area contributed by atoms with Crippen LogP contribution in [0, 0.1) is 6.92 Å². The van der Waals surface area contributed by atoms with Crippen molar-refractivity contribution < 1.29 is 13.2 Å². The second kappa shape index (κ2) is 7.87. The molecular weight excluding hydrogens is 384 g/mol. The Kier molecular flexibility index (Phi) is 5.28. The molecule has 4 rings (SSSR count). The Morgan fingerprint density at radius 1 is 1.07 bits per heavy atom. The van der Waals surface area contributed by atoms with Gasteiger partial charge in [0, 0.05) is 6.42 Å². The smallest absolute Gasteiger partial charge is 0.269 e. The molecule has 1 aliphatic rings. The largest absolute Gasteiger partial charge is 0.492 e. The van der Waals surface area contributed by atoms with Crippen LogP contribution in [-0.4, -0.2) is 38.3 Å². The quantitative estimate of drug-likeness (QED) is 0.614. The van der Waals surface area contributed by atoms with Crippen LogP contribution in [0.25, 0.3) is 10.8 Å². The van der Waals surface area contributed by atoms with Gasteiger partial charge in [0.1, 0.15) is 16.5 Å². The van der Waals surface area contributed by atoms with Crippen LogP contribution in [0.2, 0.25) is 0 Å². The molecule has 0 bridgehead atoms. The summed E-state index contributed by atoms with van der Waals surface area (Å²) in [5, 5.41) is 2.25. The lowest BCUT2D eigenvalue weighted by molar-refractivity contribution is 0.330. The third-order valence-electron chi connectivity index (χ3n) is 5.08. The molecule has 3 aromatic rings. The molecule has 0 amide bonds. The number of nitrogens with zero attached hydrogens (tertiary/aromatic N) is 2. The minimum absolute atomic E-state index is 0.201. The molecular formula is C23H24N2O3S. The predicted octanol–water partition coefficient (Wildman–Crippen LogP) is 4.19. The molecule has 1 aliphatic heterocycles. The Labute approximate surface area is 171 Å². The molecule has 0 aliphatic carbocycles. The fourth-order valence-electron chi connectivity index (χ4n) is 3.71. The van der Waals surface area contributed by atoms with E-state index in [9.17, 15) is 8.42 Å². The molecule has 0 atom stereocenters. The third kappa shape index (κ3) is 3.72. The zero-order valence-electron chi connectivity index (χ0n) is 16.6. The number of fused-ring (bicyclic) bond motifs is 1. The van der Waals surface area contributed by atoms with Gasteiger partial charge in [-0.1, -0.05) is 48.5 Å². The average molecular weight is 409 g/mol. The van der Waals surface area contributed by atoms with Crippen LogP contribution in [0.5, 0.6) is 5.75 Å². The molecule has 29 heavy (non-hydrogen) atoms. The molecule has 0 N–H and O–H groups in total. The summed E-state index contributed by atoms with van der Waals surface area (Å²) in [5.41, 5.74) is 1.94. The van der Waals surface area contributed by atoms with E-state index in [0.717, 1.165) is 21.9 Å². The van der Waals surface area contributed by atoms with Crippen molar-refractivity contribution in [3.63, 3.8) is 0 Å². The van der Waals surface area contributed by atoms with Crippen molar-refractivity contribution in [3.05, 3.63) is 71.8 Å². The van der Waals surface area contributed by atoms with Crippen LogP contribution in [0.3, 0.4) is 0 Å². The van der Waals surface area contributed by atoms with E-state index in [4.69, 9.17) is 4.74 Å². The molecule has 150 valence electrons. The number of amidine groups is 1. The summed E-state index contributed by atoms with van der Waals surface area (Å²) in [4.78, 5) is 4.73. The first-order chi connectivity index (χ1) is 14.0. The van der Waals surface area contributed by atoms with Crippen molar-refractivity contribution in [1.82, 2.24) is 4.31 Å². The highest BCUT2D eigenvalue weighted by molar-refractivity contribution is 7.89. The van der Waals surface area contributed by atoms with E-state index in [2.05, 4.69) is 23.2 Å². The van der Waals surface area contributed by atoms with Crippen molar-refractivity contribution >= 4 is 26.6 Å². The van der Waals surface area contributed by atoms with Crippen molar-refractivity contribution in [1.29, 1.82) is 0 Å². The fourth-order valence-corrected chi connectivity index (χ4v) is 5.38. The van der Waals surface area contributed by atoms with E-state index in [-0.39, 0.29) is 4.90 Å². The van der Waals surface area contributed by atoms with Gasteiger partial charge in [0.05, 0.1) is 19.7 Å². The Hall–Kier alpha value is -2.86. The summed E-state index contributed by atoms with van der Waals surface area (Å²) in [6.45, 7) is 4.95. The van der Waals surface area contributed by atoms with Crippen LogP contribution in [0.1, 0.15) is 18.1 Å². The molecule has 0 fully saturated rings. The zero-order valence-corrected chi connectivity index (χ0v) is 17.4. The highest BCUT2D eigenvalue weighted by Crippen LogP contribution is 2.30. The maximum Gasteiger partial charge on any atom is 0.269 e. The topological polar surface area (TPSA) is 59.0 Å². The highest BCUT2D eigenvalue weighted by atomic mass is 32.2. The maximum absolute atomic E-state index is 13.5. The first-order valence-electron chi connectivity index (χ1n) is 9.77. The van der Waals surface area contributed by atoms with Gasteiger partial charge in [-0.25, -0.2) is 8.42 Å². The second-order valence-corrected chi connectivity index (χ2v) is 8.90. The standard InChI is InChI=1S/C23H24N2O3S/c1-3-28-21-12-11-17(2)15-22(21)29(26,27)25-14-13-24-23(25)16-19-9-6-8-18-7-4-5-10-20(18)19/h4-12,15H,3,13-14,16H2,1-2H3. The van der Waals surface area contributed by atoms with Gasteiger partial charge < -0.3 is 4.74 Å². The summed E-state index contributed by atoms with van der Waals surface area (Å²) in [6.07, 6.45) is 0.469. The van der Waals surface area contributed by atoms with E-state index >= 15 is 0 Å². The molecule has 0 saturated heterocycles. The summed E-state index contributed by atoms with van der Waals surface area (Å²) >= 11 is 0. The van der Waals surface area contributed by atoms with Gasteiger partial charge in [0.2, 0.25) is 0 Å². The number of sulfonamides is 1. The summed E-state index contributed by atoms with van der Waals surface area (Å²) in [6, 6.07) is 19.5. The van der Waals surface area contributed by atoms with E-state index in [1.165, 1.54) is 4.31 Å². The summed E-state index contributed by atoms with van der Waals surface area (Å²) in [7, 11) is -3.76. The number of aliphatic imine (C=N–C) groups is 1. The normalized spacial score (nSPS) is 14.3. The minimum Gasteiger partial charge on any atom is -0.492 e. The molecule has 0 unspecified atom stereocenters. The Balaban J connectivity index is 1.70. The third-order valence-corrected chi connectivity index (χ3v) is 6.93. The maximum atomic E-state index is 13.5.